The van der Waals surface area contributed by atoms with Crippen LogP contribution in [0.15, 0.2) is 18.2 Å². The number of benzene rings is 1. The molecule has 0 N–H and O–H groups in total. The molecule has 2 rings (SSSR count). The summed E-state index contributed by atoms with van der Waals surface area (Å²) < 4.78 is 10.3. The number of esters is 1. The molecule has 1 aromatic rings. The standard InChI is InChI=1S/C10H10O3/c1-6-4-3-5-8-9(6)10(11)13-7(2)12-8/h3-5,7H,1-2H3. The predicted octanol–water partition coefficient (Wildman–Crippen LogP) is 1.89. The summed E-state index contributed by atoms with van der Waals surface area (Å²) >= 11 is 0. The lowest BCUT2D eigenvalue weighted by molar-refractivity contribution is -0.0490. The van der Waals surface area contributed by atoms with E-state index in [0.29, 0.717) is 11.3 Å². The second-order valence-corrected chi connectivity index (χ2v) is 3.04. The normalized spacial score (nSPS) is 20.2. The monoisotopic (exact) mass is 178 g/mol. The maximum Gasteiger partial charge on any atom is 0.345 e. The van der Waals surface area contributed by atoms with Crippen LogP contribution < -0.4 is 4.74 Å². The Morgan fingerprint density at radius 2 is 2.08 bits per heavy atom. The summed E-state index contributed by atoms with van der Waals surface area (Å²) in [5.41, 5.74) is 1.43. The zero-order valence-corrected chi connectivity index (χ0v) is 7.53. The third kappa shape index (κ3) is 1.26. The fourth-order valence-electron chi connectivity index (χ4n) is 1.41. The van der Waals surface area contributed by atoms with Crippen molar-refractivity contribution in [3.8, 4) is 5.75 Å². The topological polar surface area (TPSA) is 35.5 Å². The van der Waals surface area contributed by atoms with Crippen LogP contribution in [0.25, 0.3) is 0 Å². The minimum atomic E-state index is -0.484. The molecule has 3 nitrogen and oxygen atoms in total. The van der Waals surface area contributed by atoms with E-state index in [0.717, 1.165) is 5.56 Å². The molecule has 0 aliphatic carbocycles. The van der Waals surface area contributed by atoms with Crippen molar-refractivity contribution in [2.45, 2.75) is 20.1 Å². The molecule has 68 valence electrons. The lowest BCUT2D eigenvalue weighted by Crippen LogP contribution is -2.27. The first kappa shape index (κ1) is 8.10. The van der Waals surface area contributed by atoms with Crippen LogP contribution in [0, 0.1) is 6.92 Å². The van der Waals surface area contributed by atoms with Crippen LogP contribution >= 0.6 is 0 Å². The number of carbonyl (C=O) groups excluding carboxylic acids is 1. The molecule has 0 radical (unpaired) electrons. The molecule has 0 bridgehead atoms. The zero-order valence-electron chi connectivity index (χ0n) is 7.53. The Labute approximate surface area is 76.3 Å². The number of ether oxygens (including phenoxy) is 2. The van der Waals surface area contributed by atoms with Crippen LogP contribution in [0.5, 0.6) is 5.75 Å². The van der Waals surface area contributed by atoms with E-state index in [-0.39, 0.29) is 5.97 Å². The second kappa shape index (κ2) is 2.76. The molecule has 1 heterocycles. The van der Waals surface area contributed by atoms with E-state index in [1.165, 1.54) is 0 Å². The highest BCUT2D eigenvalue weighted by atomic mass is 16.7. The fraction of sp³-hybridized carbons (Fsp3) is 0.300. The Balaban J connectivity index is 2.55. The van der Waals surface area contributed by atoms with Crippen molar-refractivity contribution in [2.75, 3.05) is 0 Å². The van der Waals surface area contributed by atoms with Gasteiger partial charge in [-0.1, -0.05) is 12.1 Å². The van der Waals surface area contributed by atoms with Gasteiger partial charge in [-0.25, -0.2) is 4.79 Å². The van der Waals surface area contributed by atoms with Crippen molar-refractivity contribution in [3.05, 3.63) is 29.3 Å². The molecule has 13 heavy (non-hydrogen) atoms. The van der Waals surface area contributed by atoms with Crippen LogP contribution in [0.4, 0.5) is 0 Å². The zero-order chi connectivity index (χ0) is 9.42. The third-order valence-electron chi connectivity index (χ3n) is 2.00. The highest BCUT2D eigenvalue weighted by Crippen LogP contribution is 2.28. The van der Waals surface area contributed by atoms with E-state index >= 15 is 0 Å². The maximum atomic E-state index is 11.4. The lowest BCUT2D eigenvalue weighted by Gasteiger charge is -2.23. The number of rotatable bonds is 0. The molecule has 1 aliphatic heterocycles. The van der Waals surface area contributed by atoms with Gasteiger partial charge in [0.1, 0.15) is 11.3 Å². The van der Waals surface area contributed by atoms with E-state index in [2.05, 4.69) is 0 Å². The summed E-state index contributed by atoms with van der Waals surface area (Å²) in [7, 11) is 0. The van der Waals surface area contributed by atoms with Gasteiger partial charge in [-0.2, -0.15) is 0 Å². The van der Waals surface area contributed by atoms with Gasteiger partial charge in [0, 0.05) is 6.92 Å². The smallest absolute Gasteiger partial charge is 0.345 e. The molecule has 0 spiro atoms. The summed E-state index contributed by atoms with van der Waals surface area (Å²) in [5, 5.41) is 0. The van der Waals surface area contributed by atoms with E-state index in [9.17, 15) is 4.79 Å². The molecular weight excluding hydrogens is 168 g/mol. The number of aryl methyl sites for hydroxylation is 1. The fourth-order valence-corrected chi connectivity index (χ4v) is 1.41. The molecule has 1 atom stereocenters. The van der Waals surface area contributed by atoms with Crippen molar-refractivity contribution < 1.29 is 14.3 Å². The highest BCUT2D eigenvalue weighted by Gasteiger charge is 2.25. The SMILES string of the molecule is Cc1cccc2c1C(=O)OC(C)O2. The van der Waals surface area contributed by atoms with Gasteiger partial charge in [-0.3, -0.25) is 0 Å². The first-order valence-corrected chi connectivity index (χ1v) is 4.16. The molecule has 1 aliphatic rings. The Morgan fingerprint density at radius 3 is 2.85 bits per heavy atom. The van der Waals surface area contributed by atoms with Gasteiger partial charge in [-0.15, -0.1) is 0 Å². The minimum Gasteiger partial charge on any atom is -0.454 e. The van der Waals surface area contributed by atoms with Gasteiger partial charge in [0.05, 0.1) is 0 Å². The number of carbonyl (C=O) groups is 1. The van der Waals surface area contributed by atoms with Crippen molar-refractivity contribution in [1.29, 1.82) is 0 Å². The van der Waals surface area contributed by atoms with Gasteiger partial charge in [0.25, 0.3) is 0 Å². The van der Waals surface area contributed by atoms with Crippen molar-refractivity contribution in [3.63, 3.8) is 0 Å². The summed E-state index contributed by atoms with van der Waals surface area (Å²) in [4.78, 5) is 11.4. The largest absolute Gasteiger partial charge is 0.454 e. The Hall–Kier alpha value is -1.51. The molecule has 0 fully saturated rings. The minimum absolute atomic E-state index is 0.299. The summed E-state index contributed by atoms with van der Waals surface area (Å²) in [6.45, 7) is 3.56. The molecule has 3 heteroatoms. The molecule has 0 saturated heterocycles. The van der Waals surface area contributed by atoms with Crippen molar-refractivity contribution >= 4 is 5.97 Å². The highest BCUT2D eigenvalue weighted by molar-refractivity contribution is 5.94. The van der Waals surface area contributed by atoms with Gasteiger partial charge in [0.15, 0.2) is 0 Å². The van der Waals surface area contributed by atoms with Gasteiger partial charge < -0.3 is 9.47 Å². The summed E-state index contributed by atoms with van der Waals surface area (Å²) in [6.07, 6.45) is -0.484. The molecule has 0 saturated carbocycles. The summed E-state index contributed by atoms with van der Waals surface area (Å²) in [6, 6.07) is 5.50. The summed E-state index contributed by atoms with van der Waals surface area (Å²) in [5.74, 6) is 0.315. The third-order valence-corrected chi connectivity index (χ3v) is 2.00. The van der Waals surface area contributed by atoms with Crippen molar-refractivity contribution in [2.24, 2.45) is 0 Å². The Morgan fingerprint density at radius 1 is 1.31 bits per heavy atom. The number of fused-ring (bicyclic) bond motifs is 1. The number of cyclic esters (lactones) is 1. The van der Waals surface area contributed by atoms with Gasteiger partial charge in [0.2, 0.25) is 6.29 Å². The van der Waals surface area contributed by atoms with Gasteiger partial charge in [-0.05, 0) is 18.6 Å². The average Bonchev–Trinajstić information content (AvgIpc) is 2.02. The van der Waals surface area contributed by atoms with Crippen LogP contribution in [0.3, 0.4) is 0 Å². The Bertz CT molecular complexity index is 357. The van der Waals surface area contributed by atoms with E-state index in [1.54, 1.807) is 13.0 Å². The molecular formula is C10H10O3. The molecule has 1 aromatic carbocycles. The second-order valence-electron chi connectivity index (χ2n) is 3.04. The average molecular weight is 178 g/mol. The quantitative estimate of drug-likeness (QED) is 0.569. The van der Waals surface area contributed by atoms with Crippen LogP contribution in [-0.4, -0.2) is 12.3 Å². The molecule has 0 aromatic heterocycles. The first-order valence-electron chi connectivity index (χ1n) is 4.16. The van der Waals surface area contributed by atoms with Crippen LogP contribution in [0.2, 0.25) is 0 Å². The van der Waals surface area contributed by atoms with E-state index in [4.69, 9.17) is 9.47 Å². The molecule has 1 unspecified atom stereocenters. The lowest BCUT2D eigenvalue weighted by atomic mass is 10.1. The Kier molecular flexibility index (Phi) is 1.72. The van der Waals surface area contributed by atoms with E-state index in [1.807, 2.05) is 19.1 Å². The van der Waals surface area contributed by atoms with Crippen LogP contribution in [-0.2, 0) is 4.74 Å². The number of hydrogen-bond donors (Lipinski definition) is 0. The van der Waals surface area contributed by atoms with Crippen LogP contribution in [0.1, 0.15) is 22.8 Å². The molecule has 0 amide bonds. The first-order chi connectivity index (χ1) is 6.18. The predicted molar refractivity (Wildman–Crippen MR) is 46.7 cm³/mol. The van der Waals surface area contributed by atoms with E-state index < -0.39 is 6.29 Å². The maximum absolute atomic E-state index is 11.4. The number of hydrogen-bond acceptors (Lipinski definition) is 3. The van der Waals surface area contributed by atoms with Gasteiger partial charge >= 0.3 is 5.97 Å². The van der Waals surface area contributed by atoms with Crippen molar-refractivity contribution in [1.82, 2.24) is 0 Å².